The van der Waals surface area contributed by atoms with Crippen molar-refractivity contribution in [3.05, 3.63) is 28.8 Å². The molecule has 4 nitrogen and oxygen atoms in total. The van der Waals surface area contributed by atoms with E-state index in [-0.39, 0.29) is 16.9 Å². The lowest BCUT2D eigenvalue weighted by molar-refractivity contribution is -0.136. The predicted molar refractivity (Wildman–Crippen MR) is 58.5 cm³/mol. The van der Waals surface area contributed by atoms with Gasteiger partial charge >= 0.3 is 12.6 Å². The summed E-state index contributed by atoms with van der Waals surface area (Å²) in [6.45, 7) is -1.27. The second kappa shape index (κ2) is 5.96. The first kappa shape index (κ1) is 13.9. The van der Waals surface area contributed by atoms with Gasteiger partial charge in [0.25, 0.3) is 0 Å². The Balaban J connectivity index is 3.33. The number of aliphatic carboxylic acids is 1. The van der Waals surface area contributed by atoms with E-state index in [1.165, 1.54) is 12.1 Å². The highest BCUT2D eigenvalue weighted by Crippen LogP contribution is 2.27. The fourth-order valence-corrected chi connectivity index (χ4v) is 1.67. The van der Waals surface area contributed by atoms with E-state index in [1.54, 1.807) is 13.0 Å². The zero-order chi connectivity index (χ0) is 13.7. The van der Waals surface area contributed by atoms with Crippen LogP contribution < -0.4 is 4.74 Å². The molecule has 0 heterocycles. The molecule has 0 amide bonds. The summed E-state index contributed by atoms with van der Waals surface area (Å²) in [7, 11) is 0. The topological polar surface area (TPSA) is 70.3 Å². The minimum absolute atomic E-state index is 0.142. The van der Waals surface area contributed by atoms with E-state index in [1.807, 2.05) is 0 Å². The Morgan fingerprint density at radius 3 is 2.67 bits per heavy atom. The molecular formula is C12H11F2NO3. The summed E-state index contributed by atoms with van der Waals surface area (Å²) in [5.74, 6) is -1.42. The number of halogens is 2. The molecule has 18 heavy (non-hydrogen) atoms. The molecule has 0 saturated carbocycles. The maximum atomic E-state index is 12.2. The number of aryl methyl sites for hydroxylation is 1. The summed E-state index contributed by atoms with van der Waals surface area (Å²) in [6, 6.07) is 4.48. The van der Waals surface area contributed by atoms with Crippen molar-refractivity contribution in [1.29, 1.82) is 5.26 Å². The van der Waals surface area contributed by atoms with Crippen molar-refractivity contribution < 1.29 is 23.4 Å². The maximum Gasteiger partial charge on any atom is 0.387 e. The van der Waals surface area contributed by atoms with Crippen molar-refractivity contribution in [2.75, 3.05) is 0 Å². The molecule has 1 aromatic rings. The molecule has 0 unspecified atom stereocenters. The van der Waals surface area contributed by atoms with Crippen molar-refractivity contribution in [3.63, 3.8) is 0 Å². The largest absolute Gasteiger partial charge is 0.481 e. The van der Waals surface area contributed by atoms with Crippen LogP contribution in [0, 0.1) is 11.3 Å². The molecule has 0 aliphatic rings. The lowest BCUT2D eigenvalue weighted by atomic mass is 9.96. The first-order chi connectivity index (χ1) is 8.49. The number of ether oxygens (including phenoxy) is 1. The van der Waals surface area contributed by atoms with Crippen LogP contribution in [0.25, 0.3) is 0 Å². The van der Waals surface area contributed by atoms with Crippen LogP contribution in [0.5, 0.6) is 5.75 Å². The van der Waals surface area contributed by atoms with E-state index in [0.29, 0.717) is 12.0 Å². The summed E-state index contributed by atoms with van der Waals surface area (Å²) in [5.41, 5.74) is 0.721. The molecule has 0 saturated heterocycles. The number of carboxylic acid groups (broad SMARTS) is 1. The maximum absolute atomic E-state index is 12.2. The fourth-order valence-electron chi connectivity index (χ4n) is 1.67. The molecule has 0 atom stereocenters. The number of benzene rings is 1. The van der Waals surface area contributed by atoms with E-state index in [0.717, 1.165) is 0 Å². The summed E-state index contributed by atoms with van der Waals surface area (Å²) in [4.78, 5) is 10.7. The number of hydrogen-bond acceptors (Lipinski definition) is 3. The summed E-state index contributed by atoms with van der Waals surface area (Å²) in [6.07, 6.45) is 0.110. The summed E-state index contributed by atoms with van der Waals surface area (Å²) >= 11 is 0. The number of nitrogens with zero attached hydrogens (tertiary/aromatic N) is 1. The van der Waals surface area contributed by atoms with Crippen molar-refractivity contribution in [3.8, 4) is 11.8 Å². The Morgan fingerprint density at radius 1 is 1.56 bits per heavy atom. The number of nitriles is 1. The van der Waals surface area contributed by atoms with Crippen LogP contribution in [0.2, 0.25) is 0 Å². The van der Waals surface area contributed by atoms with Gasteiger partial charge in [0.2, 0.25) is 0 Å². The highest BCUT2D eigenvalue weighted by atomic mass is 19.3. The van der Waals surface area contributed by atoms with E-state index < -0.39 is 19.0 Å². The average Bonchev–Trinajstić information content (AvgIpc) is 2.28. The highest BCUT2D eigenvalue weighted by molar-refractivity contribution is 5.73. The molecule has 0 spiro atoms. The van der Waals surface area contributed by atoms with Gasteiger partial charge in [0, 0.05) is 0 Å². The molecule has 1 aromatic carbocycles. The number of carboxylic acids is 1. The third-order valence-corrected chi connectivity index (χ3v) is 2.41. The molecule has 0 fully saturated rings. The monoisotopic (exact) mass is 255 g/mol. The van der Waals surface area contributed by atoms with Crippen LogP contribution in [0.4, 0.5) is 8.78 Å². The minimum Gasteiger partial charge on any atom is -0.481 e. The smallest absolute Gasteiger partial charge is 0.387 e. The van der Waals surface area contributed by atoms with Crippen LogP contribution in [0.1, 0.15) is 23.6 Å². The van der Waals surface area contributed by atoms with Gasteiger partial charge in [0.05, 0.1) is 12.0 Å². The number of carbonyl (C=O) groups is 1. The van der Waals surface area contributed by atoms with Gasteiger partial charge in [-0.2, -0.15) is 14.0 Å². The van der Waals surface area contributed by atoms with Gasteiger partial charge < -0.3 is 9.84 Å². The van der Waals surface area contributed by atoms with Gasteiger partial charge in [-0.05, 0) is 23.6 Å². The van der Waals surface area contributed by atoms with E-state index in [2.05, 4.69) is 4.74 Å². The first-order valence-electron chi connectivity index (χ1n) is 5.21. The van der Waals surface area contributed by atoms with Crippen molar-refractivity contribution in [2.24, 2.45) is 0 Å². The molecule has 0 aliphatic carbocycles. The van der Waals surface area contributed by atoms with Crippen molar-refractivity contribution >= 4 is 5.97 Å². The zero-order valence-electron chi connectivity index (χ0n) is 9.61. The molecule has 96 valence electrons. The van der Waals surface area contributed by atoms with E-state index in [4.69, 9.17) is 10.4 Å². The molecule has 1 rings (SSSR count). The highest BCUT2D eigenvalue weighted by Gasteiger charge is 2.18. The molecule has 0 aromatic heterocycles. The molecule has 0 bridgehead atoms. The Kier molecular flexibility index (Phi) is 4.60. The van der Waals surface area contributed by atoms with Gasteiger partial charge in [-0.1, -0.05) is 13.0 Å². The first-order valence-corrected chi connectivity index (χ1v) is 5.21. The summed E-state index contributed by atoms with van der Waals surface area (Å²) < 4.78 is 28.5. The third-order valence-electron chi connectivity index (χ3n) is 2.41. The predicted octanol–water partition coefficient (Wildman–Crippen LogP) is 2.35. The molecule has 0 aliphatic heterocycles. The minimum atomic E-state index is -3.05. The lowest BCUT2D eigenvalue weighted by Gasteiger charge is -2.12. The van der Waals surface area contributed by atoms with Crippen LogP contribution in [0.15, 0.2) is 12.1 Å². The molecular weight excluding hydrogens is 244 g/mol. The zero-order valence-corrected chi connectivity index (χ0v) is 9.61. The number of rotatable bonds is 5. The van der Waals surface area contributed by atoms with Gasteiger partial charge in [-0.25, -0.2) is 0 Å². The summed E-state index contributed by atoms with van der Waals surface area (Å²) in [5, 5.41) is 17.8. The van der Waals surface area contributed by atoms with Crippen LogP contribution in [-0.2, 0) is 17.6 Å². The van der Waals surface area contributed by atoms with Gasteiger partial charge in [0.15, 0.2) is 0 Å². The Hall–Kier alpha value is -2.16. The Morgan fingerprint density at radius 2 is 2.22 bits per heavy atom. The second-order valence-corrected chi connectivity index (χ2v) is 3.49. The normalized spacial score (nSPS) is 10.2. The fraction of sp³-hybridized carbons (Fsp3) is 0.333. The van der Waals surface area contributed by atoms with Crippen LogP contribution in [-0.4, -0.2) is 17.7 Å². The number of hydrogen-bond donors (Lipinski definition) is 1. The van der Waals surface area contributed by atoms with Crippen molar-refractivity contribution in [1.82, 2.24) is 0 Å². The standard InChI is InChI=1S/C12H11F2NO3/c1-2-7-3-4-10(18-12(13)14)9(6-15)8(7)5-11(16)17/h3-4,12H,2,5H2,1H3,(H,16,17). The van der Waals surface area contributed by atoms with Crippen LogP contribution in [0.3, 0.4) is 0 Å². The average molecular weight is 255 g/mol. The molecule has 1 N–H and O–H groups in total. The molecule has 0 radical (unpaired) electrons. The van der Waals surface area contributed by atoms with Gasteiger partial charge in [-0.15, -0.1) is 0 Å². The SMILES string of the molecule is CCc1ccc(OC(F)F)c(C#N)c1CC(=O)O. The Bertz CT molecular complexity index is 495. The van der Waals surface area contributed by atoms with E-state index in [9.17, 15) is 13.6 Å². The quantitative estimate of drug-likeness (QED) is 0.876. The third kappa shape index (κ3) is 3.17. The van der Waals surface area contributed by atoms with E-state index >= 15 is 0 Å². The van der Waals surface area contributed by atoms with Gasteiger partial charge in [0.1, 0.15) is 11.8 Å². The van der Waals surface area contributed by atoms with Gasteiger partial charge in [-0.3, -0.25) is 4.79 Å². The number of alkyl halides is 2. The van der Waals surface area contributed by atoms with Crippen molar-refractivity contribution in [2.45, 2.75) is 26.4 Å². The lowest BCUT2D eigenvalue weighted by Crippen LogP contribution is -2.10. The second-order valence-electron chi connectivity index (χ2n) is 3.49. The van der Waals surface area contributed by atoms with Crippen LogP contribution >= 0.6 is 0 Å². The Labute approximate surface area is 102 Å². The molecule has 6 heteroatoms.